The molecule has 0 aliphatic carbocycles. The molecule has 1 aliphatic rings. The second kappa shape index (κ2) is 7.61. The number of sulfonamides is 1. The number of ether oxygens (including phenoxy) is 1. The summed E-state index contributed by atoms with van der Waals surface area (Å²) in [4.78, 5) is 0.395. The first-order valence-corrected chi connectivity index (χ1v) is 9.36. The third-order valence-corrected chi connectivity index (χ3v) is 5.61. The van der Waals surface area contributed by atoms with Crippen molar-refractivity contribution in [2.24, 2.45) is 0 Å². The van der Waals surface area contributed by atoms with Gasteiger partial charge in [-0.1, -0.05) is 0 Å². The van der Waals surface area contributed by atoms with Crippen LogP contribution in [0.3, 0.4) is 0 Å². The lowest BCUT2D eigenvalue weighted by Gasteiger charge is -2.30. The molecule has 3 rings (SSSR count). The Morgan fingerprint density at radius 3 is 2.64 bits per heavy atom. The van der Waals surface area contributed by atoms with Crippen molar-refractivity contribution in [3.63, 3.8) is 0 Å². The molecule has 6 nitrogen and oxygen atoms in total. The summed E-state index contributed by atoms with van der Waals surface area (Å²) >= 11 is 0. The molecule has 1 aromatic carbocycles. The first-order chi connectivity index (χ1) is 12.0. The fourth-order valence-corrected chi connectivity index (χ4v) is 4.01. The van der Waals surface area contributed by atoms with E-state index in [1.165, 1.54) is 6.26 Å². The highest BCUT2D eigenvalue weighted by atomic mass is 32.2. The second-order valence-corrected chi connectivity index (χ2v) is 7.50. The van der Waals surface area contributed by atoms with Gasteiger partial charge in [-0.2, -0.15) is 0 Å². The molecule has 1 aromatic heterocycles. The Balaban J connectivity index is 1.79. The van der Waals surface area contributed by atoms with Crippen LogP contribution in [0.5, 0.6) is 0 Å². The van der Waals surface area contributed by atoms with Crippen molar-refractivity contribution in [1.29, 1.82) is 0 Å². The Morgan fingerprint density at radius 2 is 1.96 bits per heavy atom. The molecule has 25 heavy (non-hydrogen) atoms. The van der Waals surface area contributed by atoms with Gasteiger partial charge in [-0.25, -0.2) is 21.9 Å². The van der Waals surface area contributed by atoms with Crippen LogP contribution in [-0.2, 0) is 14.8 Å². The van der Waals surface area contributed by atoms with Crippen molar-refractivity contribution < 1.29 is 31.3 Å². The Morgan fingerprint density at radius 1 is 1.20 bits per heavy atom. The summed E-state index contributed by atoms with van der Waals surface area (Å²) in [7, 11) is -4.19. The Hall–Kier alpha value is -1.81. The number of nitrogens with one attached hydrogen (secondary N) is 2. The fraction of sp³-hybridized carbons (Fsp3) is 0.375. The van der Waals surface area contributed by atoms with E-state index >= 15 is 0 Å². The lowest BCUT2D eigenvalue weighted by Crippen LogP contribution is -3.15. The van der Waals surface area contributed by atoms with Gasteiger partial charge in [0.15, 0.2) is 11.8 Å². The summed E-state index contributed by atoms with van der Waals surface area (Å²) in [6, 6.07) is 5.54. The van der Waals surface area contributed by atoms with Gasteiger partial charge in [0.2, 0.25) is 10.0 Å². The van der Waals surface area contributed by atoms with E-state index in [0.29, 0.717) is 38.1 Å². The van der Waals surface area contributed by atoms with Crippen LogP contribution in [-0.4, -0.2) is 41.3 Å². The highest BCUT2D eigenvalue weighted by Gasteiger charge is 2.31. The Bertz CT molecular complexity index is 806. The molecule has 136 valence electrons. The summed E-state index contributed by atoms with van der Waals surface area (Å²) in [6.45, 7) is 2.53. The molecule has 0 bridgehead atoms. The maximum atomic E-state index is 13.8. The van der Waals surface area contributed by atoms with Crippen LogP contribution >= 0.6 is 0 Å². The average molecular weight is 373 g/mol. The molecule has 1 aliphatic heterocycles. The van der Waals surface area contributed by atoms with Gasteiger partial charge in [0.1, 0.15) is 29.6 Å². The van der Waals surface area contributed by atoms with Crippen LogP contribution in [0.1, 0.15) is 11.8 Å². The number of furan rings is 1. The molecule has 0 unspecified atom stereocenters. The number of halogens is 2. The van der Waals surface area contributed by atoms with Crippen LogP contribution in [0, 0.1) is 11.6 Å². The van der Waals surface area contributed by atoms with E-state index in [-0.39, 0.29) is 12.6 Å². The normalized spacial score (nSPS) is 17.5. The number of quaternary nitrogens is 1. The Labute approximate surface area is 144 Å². The number of benzene rings is 1. The minimum atomic E-state index is -4.19. The summed E-state index contributed by atoms with van der Waals surface area (Å²) in [5, 5.41) is 0. The topological polar surface area (TPSA) is 73.0 Å². The molecule has 0 radical (unpaired) electrons. The third-order valence-electron chi connectivity index (χ3n) is 4.17. The third kappa shape index (κ3) is 4.24. The smallest absolute Gasteiger partial charge is 0.243 e. The molecular formula is C16H19F2N2O4S+. The van der Waals surface area contributed by atoms with Crippen molar-refractivity contribution in [2.45, 2.75) is 10.9 Å². The number of morpholine rings is 1. The standard InChI is InChI=1S/C16H18F2N2O4S/c17-12-3-4-13(18)16(10-12)25(21,22)19-11-14(15-2-1-7-24-15)20-5-8-23-9-6-20/h1-4,7,10,14,19H,5-6,8-9,11H2/p+1/t14-/m1/s1. The summed E-state index contributed by atoms with van der Waals surface area (Å²) in [6.07, 6.45) is 1.52. The molecule has 9 heteroatoms. The first kappa shape index (κ1) is 18.0. The van der Waals surface area contributed by atoms with Crippen molar-refractivity contribution in [2.75, 3.05) is 32.8 Å². The summed E-state index contributed by atoms with van der Waals surface area (Å²) in [5.74, 6) is -1.19. The summed E-state index contributed by atoms with van der Waals surface area (Å²) < 4.78 is 65.0. The number of hydrogen-bond donors (Lipinski definition) is 2. The SMILES string of the molecule is O=S(=O)(NC[C@H](c1ccco1)[NH+]1CCOCC1)c1cc(F)ccc1F. The predicted octanol–water partition coefficient (Wildman–Crippen LogP) is 0.492. The quantitative estimate of drug-likeness (QED) is 0.773. The summed E-state index contributed by atoms with van der Waals surface area (Å²) in [5.41, 5.74) is 0. The molecule has 1 saturated heterocycles. The average Bonchev–Trinajstić information content (AvgIpc) is 3.12. The molecule has 1 atom stereocenters. The number of hydrogen-bond acceptors (Lipinski definition) is 4. The zero-order chi connectivity index (χ0) is 17.9. The monoisotopic (exact) mass is 373 g/mol. The maximum Gasteiger partial charge on any atom is 0.243 e. The maximum absolute atomic E-state index is 13.8. The molecule has 1 fully saturated rings. The van der Waals surface area contributed by atoms with E-state index < -0.39 is 26.6 Å². The van der Waals surface area contributed by atoms with Crippen molar-refractivity contribution in [3.05, 3.63) is 54.0 Å². The van der Waals surface area contributed by atoms with E-state index in [4.69, 9.17) is 9.15 Å². The molecular weight excluding hydrogens is 354 g/mol. The lowest BCUT2D eigenvalue weighted by molar-refractivity contribution is -0.938. The van der Waals surface area contributed by atoms with E-state index in [9.17, 15) is 17.2 Å². The molecule has 0 saturated carbocycles. The van der Waals surface area contributed by atoms with Crippen molar-refractivity contribution in [3.8, 4) is 0 Å². The minimum Gasteiger partial charge on any atom is -0.463 e. The van der Waals surface area contributed by atoms with Gasteiger partial charge >= 0.3 is 0 Å². The lowest BCUT2D eigenvalue weighted by atomic mass is 10.2. The van der Waals surface area contributed by atoms with Gasteiger partial charge in [-0.05, 0) is 30.3 Å². The van der Waals surface area contributed by atoms with Gasteiger partial charge in [0, 0.05) is 0 Å². The van der Waals surface area contributed by atoms with E-state index in [0.717, 1.165) is 17.0 Å². The van der Waals surface area contributed by atoms with Crippen LogP contribution < -0.4 is 9.62 Å². The molecule has 0 spiro atoms. The van der Waals surface area contributed by atoms with Gasteiger partial charge in [-0.15, -0.1) is 0 Å². The van der Waals surface area contributed by atoms with Gasteiger partial charge in [0.05, 0.1) is 26.0 Å². The van der Waals surface area contributed by atoms with Crippen LogP contribution in [0.4, 0.5) is 8.78 Å². The highest BCUT2D eigenvalue weighted by Crippen LogP contribution is 2.17. The van der Waals surface area contributed by atoms with E-state index in [1.807, 2.05) is 0 Å². The van der Waals surface area contributed by atoms with E-state index in [1.54, 1.807) is 12.1 Å². The molecule has 0 amide bonds. The van der Waals surface area contributed by atoms with E-state index in [2.05, 4.69) is 4.72 Å². The molecule has 2 heterocycles. The molecule has 2 aromatic rings. The predicted molar refractivity (Wildman–Crippen MR) is 84.5 cm³/mol. The van der Waals surface area contributed by atoms with Crippen molar-refractivity contribution >= 4 is 10.0 Å². The second-order valence-electron chi connectivity index (χ2n) is 5.77. The van der Waals surface area contributed by atoms with Gasteiger partial charge in [-0.3, -0.25) is 0 Å². The largest absolute Gasteiger partial charge is 0.463 e. The fourth-order valence-electron chi connectivity index (χ4n) is 2.87. The van der Waals surface area contributed by atoms with Crippen molar-refractivity contribution in [1.82, 2.24) is 4.72 Å². The zero-order valence-corrected chi connectivity index (χ0v) is 14.2. The number of rotatable bonds is 6. The highest BCUT2D eigenvalue weighted by molar-refractivity contribution is 7.89. The molecule has 2 N–H and O–H groups in total. The van der Waals surface area contributed by atoms with Crippen LogP contribution in [0.15, 0.2) is 45.9 Å². The van der Waals surface area contributed by atoms with Crippen LogP contribution in [0.25, 0.3) is 0 Å². The van der Waals surface area contributed by atoms with Gasteiger partial charge < -0.3 is 14.1 Å². The minimum absolute atomic E-state index is 0.00112. The first-order valence-electron chi connectivity index (χ1n) is 7.88. The van der Waals surface area contributed by atoms with Gasteiger partial charge in [0.25, 0.3) is 0 Å². The zero-order valence-electron chi connectivity index (χ0n) is 13.4. The van der Waals surface area contributed by atoms with Crippen LogP contribution in [0.2, 0.25) is 0 Å². The Kier molecular flexibility index (Phi) is 5.48.